The smallest absolute Gasteiger partial charge is 0.141 e. The highest BCUT2D eigenvalue weighted by Gasteiger charge is 2.27. The normalized spacial score (nSPS) is 21.9. The number of nitrogens with zero attached hydrogens (tertiary/aromatic N) is 1. The average molecular weight is 299 g/mol. The number of hydrogen-bond acceptors (Lipinski definition) is 2. The Morgan fingerprint density at radius 1 is 1.45 bits per heavy atom. The van der Waals surface area contributed by atoms with Gasteiger partial charge >= 0.3 is 0 Å². The lowest BCUT2D eigenvalue weighted by Crippen LogP contribution is -2.42. The summed E-state index contributed by atoms with van der Waals surface area (Å²) in [7, 11) is 2.00. The molecule has 0 radical (unpaired) electrons. The third kappa shape index (κ3) is 3.72. The van der Waals surface area contributed by atoms with Gasteiger partial charge in [0, 0.05) is 12.1 Å². The Kier molecular flexibility index (Phi) is 5.82. The molecule has 0 saturated carbocycles. The van der Waals surface area contributed by atoms with Gasteiger partial charge in [0.2, 0.25) is 0 Å². The minimum atomic E-state index is -0.340. The molecule has 1 aromatic carbocycles. The summed E-state index contributed by atoms with van der Waals surface area (Å²) in [6, 6.07) is 5.99. The van der Waals surface area contributed by atoms with Crippen LogP contribution in [0.25, 0.3) is 0 Å². The molecule has 0 spiro atoms. The molecular weight excluding hydrogens is 275 g/mol. The molecule has 4 heteroatoms. The number of rotatable bonds is 5. The molecule has 2 rings (SSSR count). The molecule has 0 bridgehead atoms. The van der Waals surface area contributed by atoms with Gasteiger partial charge in [-0.2, -0.15) is 0 Å². The van der Waals surface area contributed by atoms with Crippen LogP contribution in [-0.4, -0.2) is 31.1 Å². The fourth-order valence-corrected chi connectivity index (χ4v) is 3.31. The molecule has 2 nitrogen and oxygen atoms in total. The molecule has 1 fully saturated rings. The lowest BCUT2D eigenvalue weighted by molar-refractivity contribution is 0.0971. The lowest BCUT2D eigenvalue weighted by Gasteiger charge is -2.40. The molecule has 1 aromatic rings. The molecule has 1 aliphatic heterocycles. The first-order valence-electron chi connectivity index (χ1n) is 7.48. The highest BCUT2D eigenvalue weighted by Crippen LogP contribution is 2.31. The van der Waals surface area contributed by atoms with Crippen LogP contribution in [0.5, 0.6) is 0 Å². The Balaban J connectivity index is 2.11. The Labute approximate surface area is 126 Å². The van der Waals surface area contributed by atoms with Gasteiger partial charge in [-0.1, -0.05) is 24.1 Å². The number of piperidine rings is 1. The number of benzene rings is 1. The molecule has 0 aromatic heterocycles. The molecule has 2 unspecified atom stereocenters. The second-order valence-electron chi connectivity index (χ2n) is 5.63. The monoisotopic (exact) mass is 298 g/mol. The molecule has 112 valence electrons. The zero-order valence-corrected chi connectivity index (χ0v) is 13.1. The van der Waals surface area contributed by atoms with Gasteiger partial charge in [-0.15, -0.1) is 0 Å². The molecular formula is C16H24ClFN2. The summed E-state index contributed by atoms with van der Waals surface area (Å²) in [6.07, 6.45) is 4.97. The van der Waals surface area contributed by atoms with Crippen LogP contribution < -0.4 is 5.32 Å². The fraction of sp³-hybridized carbons (Fsp3) is 0.625. The number of likely N-dealkylation sites (tertiary alicyclic amines) is 1. The van der Waals surface area contributed by atoms with E-state index in [0.29, 0.717) is 6.04 Å². The van der Waals surface area contributed by atoms with Crippen molar-refractivity contribution in [2.75, 3.05) is 20.1 Å². The Hall–Kier alpha value is -0.640. The van der Waals surface area contributed by atoms with E-state index in [0.717, 1.165) is 25.1 Å². The van der Waals surface area contributed by atoms with E-state index in [1.54, 1.807) is 6.07 Å². The standard InChI is InChI=1S/C16H24ClFN2/c1-12(13-6-7-16(18)15(17)11-13)20-10-4-3-5-14(20)8-9-19-2/h6-7,11-12,14,19H,3-5,8-10H2,1-2H3. The quantitative estimate of drug-likeness (QED) is 0.884. The largest absolute Gasteiger partial charge is 0.320 e. The summed E-state index contributed by atoms with van der Waals surface area (Å²) >= 11 is 5.91. The fourth-order valence-electron chi connectivity index (χ4n) is 3.12. The van der Waals surface area contributed by atoms with Crippen LogP contribution in [0.4, 0.5) is 4.39 Å². The Bertz CT molecular complexity index is 438. The topological polar surface area (TPSA) is 15.3 Å². The predicted octanol–water partition coefficient (Wildman–Crippen LogP) is 4.00. The van der Waals surface area contributed by atoms with Gasteiger partial charge in [0.1, 0.15) is 5.82 Å². The van der Waals surface area contributed by atoms with Gasteiger partial charge in [-0.05, 0) is 64.0 Å². The molecule has 1 aliphatic rings. The molecule has 1 heterocycles. The van der Waals surface area contributed by atoms with Gasteiger partial charge in [-0.3, -0.25) is 4.90 Å². The van der Waals surface area contributed by atoms with E-state index in [-0.39, 0.29) is 16.9 Å². The van der Waals surface area contributed by atoms with Gasteiger partial charge in [-0.25, -0.2) is 4.39 Å². The minimum absolute atomic E-state index is 0.220. The lowest BCUT2D eigenvalue weighted by atomic mass is 9.95. The van der Waals surface area contributed by atoms with Crippen LogP contribution in [0, 0.1) is 5.82 Å². The van der Waals surface area contributed by atoms with Crippen molar-refractivity contribution in [2.24, 2.45) is 0 Å². The predicted molar refractivity (Wildman–Crippen MR) is 82.7 cm³/mol. The second kappa shape index (κ2) is 7.39. The first-order valence-corrected chi connectivity index (χ1v) is 7.86. The van der Waals surface area contributed by atoms with Gasteiger partial charge in [0.15, 0.2) is 0 Å². The Morgan fingerprint density at radius 3 is 2.95 bits per heavy atom. The summed E-state index contributed by atoms with van der Waals surface area (Å²) in [4.78, 5) is 2.55. The van der Waals surface area contributed by atoms with Crippen LogP contribution >= 0.6 is 11.6 Å². The number of nitrogens with one attached hydrogen (secondary N) is 1. The molecule has 1 saturated heterocycles. The highest BCUT2D eigenvalue weighted by atomic mass is 35.5. The highest BCUT2D eigenvalue weighted by molar-refractivity contribution is 6.30. The van der Waals surface area contributed by atoms with E-state index in [2.05, 4.69) is 17.1 Å². The first-order chi connectivity index (χ1) is 9.63. The molecule has 2 atom stereocenters. The van der Waals surface area contributed by atoms with Crippen LogP contribution in [0.1, 0.15) is 44.2 Å². The van der Waals surface area contributed by atoms with Crippen molar-refractivity contribution in [1.82, 2.24) is 10.2 Å². The third-order valence-corrected chi connectivity index (χ3v) is 4.61. The van der Waals surface area contributed by atoms with E-state index in [1.165, 1.54) is 25.3 Å². The van der Waals surface area contributed by atoms with E-state index in [9.17, 15) is 4.39 Å². The minimum Gasteiger partial charge on any atom is -0.320 e. The summed E-state index contributed by atoms with van der Waals surface area (Å²) in [5.41, 5.74) is 1.10. The van der Waals surface area contributed by atoms with Gasteiger partial charge in [0.25, 0.3) is 0 Å². The van der Waals surface area contributed by atoms with Crippen LogP contribution in [0.3, 0.4) is 0 Å². The van der Waals surface area contributed by atoms with Crippen LogP contribution in [0.2, 0.25) is 5.02 Å². The summed E-state index contributed by atoms with van der Waals surface area (Å²) < 4.78 is 13.3. The third-order valence-electron chi connectivity index (χ3n) is 4.32. The van der Waals surface area contributed by atoms with E-state index >= 15 is 0 Å². The number of halogens is 2. The number of hydrogen-bond donors (Lipinski definition) is 1. The maximum Gasteiger partial charge on any atom is 0.141 e. The second-order valence-corrected chi connectivity index (χ2v) is 6.04. The zero-order valence-electron chi connectivity index (χ0n) is 12.3. The van der Waals surface area contributed by atoms with Crippen molar-refractivity contribution in [1.29, 1.82) is 0 Å². The molecule has 0 amide bonds. The summed E-state index contributed by atoms with van der Waals surface area (Å²) in [6.45, 7) is 4.35. The van der Waals surface area contributed by atoms with Gasteiger partial charge < -0.3 is 5.32 Å². The summed E-state index contributed by atoms with van der Waals surface area (Å²) in [5, 5.41) is 3.45. The van der Waals surface area contributed by atoms with Crippen LogP contribution in [0.15, 0.2) is 18.2 Å². The Morgan fingerprint density at radius 2 is 2.25 bits per heavy atom. The molecule has 20 heavy (non-hydrogen) atoms. The van der Waals surface area contributed by atoms with E-state index in [1.807, 2.05) is 13.1 Å². The zero-order chi connectivity index (χ0) is 14.5. The van der Waals surface area contributed by atoms with E-state index in [4.69, 9.17) is 11.6 Å². The van der Waals surface area contributed by atoms with Crippen LogP contribution in [-0.2, 0) is 0 Å². The van der Waals surface area contributed by atoms with Crippen molar-refractivity contribution in [3.63, 3.8) is 0 Å². The maximum atomic E-state index is 13.3. The van der Waals surface area contributed by atoms with Crippen molar-refractivity contribution in [3.05, 3.63) is 34.6 Å². The average Bonchev–Trinajstić information content (AvgIpc) is 2.47. The van der Waals surface area contributed by atoms with Gasteiger partial charge in [0.05, 0.1) is 5.02 Å². The molecule has 1 N–H and O–H groups in total. The van der Waals surface area contributed by atoms with Crippen molar-refractivity contribution < 1.29 is 4.39 Å². The molecule has 0 aliphatic carbocycles. The SMILES string of the molecule is CNCCC1CCCCN1C(C)c1ccc(F)c(Cl)c1. The van der Waals surface area contributed by atoms with Crippen molar-refractivity contribution in [3.8, 4) is 0 Å². The van der Waals surface area contributed by atoms with Crippen molar-refractivity contribution >= 4 is 11.6 Å². The summed E-state index contributed by atoms with van der Waals surface area (Å²) in [5.74, 6) is -0.340. The first kappa shape index (κ1) is 15.7. The van der Waals surface area contributed by atoms with Crippen molar-refractivity contribution in [2.45, 2.75) is 44.7 Å². The van der Waals surface area contributed by atoms with E-state index < -0.39 is 0 Å². The maximum absolute atomic E-state index is 13.3.